The Labute approximate surface area is 70.7 Å². The molecule has 0 spiro atoms. The zero-order valence-corrected chi connectivity index (χ0v) is 6.69. The topological polar surface area (TPSA) is 75.7 Å². The van der Waals surface area contributed by atoms with Gasteiger partial charge in [0.25, 0.3) is 0 Å². The fourth-order valence-electron chi connectivity index (χ4n) is 0.903. The minimum Gasteiger partial charge on any atom is -0.497 e. The molecule has 12 heavy (non-hydrogen) atoms. The largest absolute Gasteiger partial charge is 0.497 e. The lowest BCUT2D eigenvalue weighted by molar-refractivity contribution is 0.412. The first kappa shape index (κ1) is 8.90. The highest BCUT2D eigenvalue weighted by atomic mass is 16.5. The fraction of sp³-hybridized carbons (Fsp3) is 0.143. The van der Waals surface area contributed by atoms with Gasteiger partial charge in [-0.3, -0.25) is 0 Å². The van der Waals surface area contributed by atoms with E-state index in [2.05, 4.69) is 0 Å². The fourth-order valence-corrected chi connectivity index (χ4v) is 0.903. The second kappa shape index (κ2) is 3.47. The predicted molar refractivity (Wildman–Crippen MR) is 47.2 cm³/mol. The van der Waals surface area contributed by atoms with Crippen LogP contribution in [-0.2, 0) is 0 Å². The van der Waals surface area contributed by atoms with E-state index >= 15 is 0 Å². The molecule has 0 bridgehead atoms. The number of rotatable bonds is 2. The zero-order valence-electron chi connectivity index (χ0n) is 6.69. The number of hydrogen-bond acceptors (Lipinski definition) is 4. The molecule has 1 aromatic rings. The maximum atomic E-state index is 8.84. The molecule has 0 fully saturated rings. The normalized spacial score (nSPS) is 9.58. The summed E-state index contributed by atoms with van der Waals surface area (Å²) in [6.07, 6.45) is 0. The van der Waals surface area contributed by atoms with Gasteiger partial charge in [0.2, 0.25) is 0 Å². The lowest BCUT2D eigenvalue weighted by Gasteiger charge is -2.06. The predicted octanol–water partition coefficient (Wildman–Crippen LogP) is -1.04. The lowest BCUT2D eigenvalue weighted by atomic mass is 9.79. The van der Waals surface area contributed by atoms with Crippen molar-refractivity contribution in [3.63, 3.8) is 0 Å². The molecule has 0 atom stereocenters. The van der Waals surface area contributed by atoms with E-state index < -0.39 is 7.12 Å². The van der Waals surface area contributed by atoms with E-state index in [1.165, 1.54) is 13.2 Å². The van der Waals surface area contributed by atoms with Crippen LogP contribution in [0.4, 0.5) is 5.69 Å². The van der Waals surface area contributed by atoms with E-state index in [0.29, 0.717) is 11.4 Å². The molecule has 1 rings (SSSR count). The van der Waals surface area contributed by atoms with Gasteiger partial charge >= 0.3 is 7.12 Å². The third-order valence-corrected chi connectivity index (χ3v) is 1.57. The molecule has 0 aliphatic rings. The Kier molecular flexibility index (Phi) is 2.57. The second-order valence-corrected chi connectivity index (χ2v) is 2.37. The smallest absolute Gasteiger partial charge is 0.490 e. The van der Waals surface area contributed by atoms with Gasteiger partial charge in [0.05, 0.1) is 7.11 Å². The molecule has 0 heterocycles. The van der Waals surface area contributed by atoms with Crippen molar-refractivity contribution in [3.8, 4) is 5.75 Å². The van der Waals surface area contributed by atoms with E-state index in [4.69, 9.17) is 20.5 Å². The molecule has 64 valence electrons. The van der Waals surface area contributed by atoms with Crippen LogP contribution in [-0.4, -0.2) is 24.3 Å². The lowest BCUT2D eigenvalue weighted by Crippen LogP contribution is -2.32. The summed E-state index contributed by atoms with van der Waals surface area (Å²) in [6, 6.07) is 4.70. The van der Waals surface area contributed by atoms with Crippen molar-refractivity contribution in [2.24, 2.45) is 0 Å². The summed E-state index contributed by atoms with van der Waals surface area (Å²) < 4.78 is 4.88. The van der Waals surface area contributed by atoms with Crippen LogP contribution in [0, 0.1) is 0 Å². The quantitative estimate of drug-likeness (QED) is 0.388. The zero-order chi connectivity index (χ0) is 9.14. The standard InChI is InChI=1S/C7H10BNO3/c1-12-5-2-3-7(9)6(4-5)8(10)11/h2-4,10-11H,9H2,1H3. The van der Waals surface area contributed by atoms with Crippen LogP contribution in [0.3, 0.4) is 0 Å². The van der Waals surface area contributed by atoms with Crippen molar-refractivity contribution in [1.29, 1.82) is 0 Å². The highest BCUT2D eigenvalue weighted by Gasteiger charge is 2.14. The van der Waals surface area contributed by atoms with Crippen molar-refractivity contribution >= 4 is 18.3 Å². The van der Waals surface area contributed by atoms with Gasteiger partial charge in [0.1, 0.15) is 5.75 Å². The molecular weight excluding hydrogens is 157 g/mol. The highest BCUT2D eigenvalue weighted by Crippen LogP contribution is 2.10. The number of hydrogen-bond donors (Lipinski definition) is 3. The molecule has 4 nitrogen and oxygen atoms in total. The number of benzene rings is 1. The van der Waals surface area contributed by atoms with E-state index in [1.54, 1.807) is 12.1 Å². The van der Waals surface area contributed by atoms with Crippen molar-refractivity contribution in [2.75, 3.05) is 12.8 Å². The van der Waals surface area contributed by atoms with E-state index in [9.17, 15) is 0 Å². The van der Waals surface area contributed by atoms with Gasteiger partial charge in [0.15, 0.2) is 0 Å². The van der Waals surface area contributed by atoms with Crippen LogP contribution < -0.4 is 15.9 Å². The van der Waals surface area contributed by atoms with Gasteiger partial charge in [-0.2, -0.15) is 0 Å². The average Bonchev–Trinajstić information content (AvgIpc) is 2.05. The van der Waals surface area contributed by atoms with E-state index in [-0.39, 0.29) is 5.46 Å². The third kappa shape index (κ3) is 1.69. The molecule has 0 amide bonds. The van der Waals surface area contributed by atoms with Gasteiger partial charge in [-0.15, -0.1) is 0 Å². The summed E-state index contributed by atoms with van der Waals surface area (Å²) in [7, 11) is -0.0564. The van der Waals surface area contributed by atoms with Crippen LogP contribution in [0.25, 0.3) is 0 Å². The van der Waals surface area contributed by atoms with Crippen molar-refractivity contribution in [1.82, 2.24) is 0 Å². The molecule has 0 aliphatic heterocycles. The van der Waals surface area contributed by atoms with Crippen LogP contribution in [0.5, 0.6) is 5.75 Å². The average molecular weight is 167 g/mol. The Hall–Kier alpha value is -1.20. The molecule has 4 N–H and O–H groups in total. The molecule has 0 radical (unpaired) electrons. The number of ether oxygens (including phenoxy) is 1. The Morgan fingerprint density at radius 2 is 2.08 bits per heavy atom. The third-order valence-electron chi connectivity index (χ3n) is 1.57. The number of methoxy groups -OCH3 is 1. The van der Waals surface area contributed by atoms with Crippen molar-refractivity contribution < 1.29 is 14.8 Å². The first-order valence-electron chi connectivity index (χ1n) is 3.44. The highest BCUT2D eigenvalue weighted by molar-refractivity contribution is 6.60. The maximum Gasteiger partial charge on any atom is 0.490 e. The number of nitrogen functional groups attached to an aromatic ring is 1. The summed E-state index contributed by atoms with van der Waals surface area (Å²) in [5, 5.41) is 17.7. The van der Waals surface area contributed by atoms with Gasteiger partial charge < -0.3 is 20.5 Å². The molecular formula is C7H10BNO3. The van der Waals surface area contributed by atoms with E-state index in [1.807, 2.05) is 0 Å². The summed E-state index contributed by atoms with van der Waals surface area (Å²) in [5.41, 5.74) is 6.07. The van der Waals surface area contributed by atoms with Crippen LogP contribution >= 0.6 is 0 Å². The molecule has 0 aromatic heterocycles. The molecule has 0 aliphatic carbocycles. The van der Waals surface area contributed by atoms with Gasteiger partial charge in [0, 0.05) is 11.2 Å². The van der Waals surface area contributed by atoms with Gasteiger partial charge in [-0.25, -0.2) is 0 Å². The first-order chi connectivity index (χ1) is 5.65. The molecule has 0 saturated carbocycles. The Morgan fingerprint density at radius 3 is 2.58 bits per heavy atom. The van der Waals surface area contributed by atoms with Crippen molar-refractivity contribution in [3.05, 3.63) is 18.2 Å². The van der Waals surface area contributed by atoms with Gasteiger partial charge in [-0.1, -0.05) is 0 Å². The SMILES string of the molecule is COc1ccc(N)c(B(O)O)c1. The van der Waals surface area contributed by atoms with E-state index in [0.717, 1.165) is 0 Å². The molecule has 1 aromatic carbocycles. The molecule has 5 heteroatoms. The Bertz CT molecular complexity index is 277. The summed E-state index contributed by atoms with van der Waals surface area (Å²) in [6.45, 7) is 0. The monoisotopic (exact) mass is 167 g/mol. The molecule has 0 unspecified atom stereocenters. The summed E-state index contributed by atoms with van der Waals surface area (Å²) in [4.78, 5) is 0. The van der Waals surface area contributed by atoms with Crippen LogP contribution in [0.2, 0.25) is 0 Å². The second-order valence-electron chi connectivity index (χ2n) is 2.37. The minimum absolute atomic E-state index is 0.259. The Balaban J connectivity index is 3.08. The minimum atomic E-state index is -1.56. The van der Waals surface area contributed by atoms with Crippen LogP contribution in [0.1, 0.15) is 0 Å². The Morgan fingerprint density at radius 1 is 1.42 bits per heavy atom. The van der Waals surface area contributed by atoms with Crippen molar-refractivity contribution in [2.45, 2.75) is 0 Å². The maximum absolute atomic E-state index is 8.84. The van der Waals surface area contributed by atoms with Crippen LogP contribution in [0.15, 0.2) is 18.2 Å². The number of anilines is 1. The van der Waals surface area contributed by atoms with Gasteiger partial charge in [-0.05, 0) is 18.2 Å². The first-order valence-corrected chi connectivity index (χ1v) is 3.44. The summed E-state index contributed by atoms with van der Waals surface area (Å²) >= 11 is 0. The molecule has 0 saturated heterocycles. The summed E-state index contributed by atoms with van der Waals surface area (Å²) in [5.74, 6) is 0.548. The number of nitrogens with two attached hydrogens (primary N) is 1.